The molecule has 162 valence electrons. The number of hydrogen-bond acceptors (Lipinski definition) is 7. The lowest BCUT2D eigenvalue weighted by atomic mass is 10.2. The van der Waals surface area contributed by atoms with E-state index < -0.39 is 10.0 Å². The normalized spacial score (nSPS) is 13.0. The monoisotopic (exact) mass is 436 g/mol. The van der Waals surface area contributed by atoms with Crippen molar-refractivity contribution in [2.75, 3.05) is 51.4 Å². The maximum atomic E-state index is 12.6. The van der Waals surface area contributed by atoms with Crippen molar-refractivity contribution in [3.05, 3.63) is 48.0 Å². The van der Waals surface area contributed by atoms with Crippen LogP contribution in [0.15, 0.2) is 47.4 Å². The molecule has 10 heteroatoms. The van der Waals surface area contributed by atoms with Gasteiger partial charge in [0.2, 0.25) is 0 Å². The molecule has 0 saturated heterocycles. The van der Waals surface area contributed by atoms with E-state index in [2.05, 4.69) is 10.0 Å². The lowest BCUT2D eigenvalue weighted by molar-refractivity contribution is 0.0692. The van der Waals surface area contributed by atoms with Gasteiger partial charge in [0.25, 0.3) is 15.9 Å². The van der Waals surface area contributed by atoms with Gasteiger partial charge in [-0.05, 0) is 36.4 Å². The van der Waals surface area contributed by atoms with Gasteiger partial charge in [0.1, 0.15) is 13.2 Å². The fraction of sp³-hybridized carbons (Fsp3) is 0.350. The lowest BCUT2D eigenvalue weighted by Gasteiger charge is -2.19. The van der Waals surface area contributed by atoms with Gasteiger partial charge in [-0.2, -0.15) is 0 Å². The topological polar surface area (TPSA) is 112 Å². The SMILES string of the molecule is COCCOCCNC(=O)c1ccc(NS(=O)(=O)c2ccc3c(c2)OCCO3)cc1. The first-order chi connectivity index (χ1) is 14.5. The van der Waals surface area contributed by atoms with Crippen molar-refractivity contribution in [1.82, 2.24) is 5.32 Å². The van der Waals surface area contributed by atoms with Crippen LogP contribution in [0.2, 0.25) is 0 Å². The molecule has 2 N–H and O–H groups in total. The number of amides is 1. The van der Waals surface area contributed by atoms with E-state index in [1.165, 1.54) is 24.3 Å². The largest absolute Gasteiger partial charge is 0.486 e. The van der Waals surface area contributed by atoms with Gasteiger partial charge in [-0.25, -0.2) is 8.42 Å². The third kappa shape index (κ3) is 5.85. The molecular formula is C20H24N2O7S. The zero-order valence-corrected chi connectivity index (χ0v) is 17.4. The number of rotatable bonds is 10. The number of benzene rings is 2. The molecule has 1 aliphatic heterocycles. The van der Waals surface area contributed by atoms with Gasteiger partial charge in [0.05, 0.1) is 24.7 Å². The minimum absolute atomic E-state index is 0.0574. The molecule has 0 saturated carbocycles. The Morgan fingerprint density at radius 1 is 1.00 bits per heavy atom. The van der Waals surface area contributed by atoms with Crippen molar-refractivity contribution >= 4 is 21.6 Å². The predicted octanol–water partition coefficient (Wildman–Crippen LogP) is 1.65. The van der Waals surface area contributed by atoms with Gasteiger partial charge in [-0.3, -0.25) is 9.52 Å². The van der Waals surface area contributed by atoms with E-state index >= 15 is 0 Å². The quantitative estimate of drug-likeness (QED) is 0.545. The maximum absolute atomic E-state index is 12.6. The van der Waals surface area contributed by atoms with E-state index in [-0.39, 0.29) is 10.8 Å². The first kappa shape index (κ1) is 21.9. The molecule has 0 fully saturated rings. The molecule has 1 heterocycles. The Morgan fingerprint density at radius 2 is 1.73 bits per heavy atom. The number of carbonyl (C=O) groups is 1. The van der Waals surface area contributed by atoms with Crippen LogP contribution in [-0.2, 0) is 19.5 Å². The third-order valence-electron chi connectivity index (χ3n) is 4.19. The van der Waals surface area contributed by atoms with Crippen molar-refractivity contribution in [3.8, 4) is 11.5 Å². The number of methoxy groups -OCH3 is 1. The van der Waals surface area contributed by atoms with Crippen LogP contribution in [0.4, 0.5) is 5.69 Å². The van der Waals surface area contributed by atoms with Crippen LogP contribution < -0.4 is 19.5 Å². The van der Waals surface area contributed by atoms with Gasteiger partial charge in [0, 0.05) is 31.0 Å². The van der Waals surface area contributed by atoms with Crippen LogP contribution in [0.25, 0.3) is 0 Å². The Bertz CT molecular complexity index is 962. The third-order valence-corrected chi connectivity index (χ3v) is 5.57. The smallest absolute Gasteiger partial charge is 0.262 e. The van der Waals surface area contributed by atoms with Gasteiger partial charge < -0.3 is 24.3 Å². The molecule has 1 amide bonds. The summed E-state index contributed by atoms with van der Waals surface area (Å²) in [5.74, 6) is 0.633. The maximum Gasteiger partial charge on any atom is 0.262 e. The summed E-state index contributed by atoms with van der Waals surface area (Å²) in [6.07, 6.45) is 0. The standard InChI is InChI=1S/C20H24N2O7S/c1-26-10-11-27-9-8-21-20(23)15-2-4-16(5-3-15)22-30(24,25)17-6-7-18-19(14-17)29-13-12-28-18/h2-7,14,22H,8-13H2,1H3,(H,21,23). The highest BCUT2D eigenvalue weighted by molar-refractivity contribution is 7.92. The summed E-state index contributed by atoms with van der Waals surface area (Å²) in [6.45, 7) is 2.50. The molecule has 0 unspecified atom stereocenters. The van der Waals surface area contributed by atoms with Crippen molar-refractivity contribution in [2.24, 2.45) is 0 Å². The second kappa shape index (κ2) is 10.3. The molecule has 1 aliphatic rings. The second-order valence-electron chi connectivity index (χ2n) is 6.35. The number of sulfonamides is 1. The molecular weight excluding hydrogens is 412 g/mol. The van der Waals surface area contributed by atoms with Crippen LogP contribution in [0.5, 0.6) is 11.5 Å². The number of carbonyl (C=O) groups excluding carboxylic acids is 1. The Hall–Kier alpha value is -2.82. The summed E-state index contributed by atoms with van der Waals surface area (Å²) < 4.78 is 48.8. The molecule has 3 rings (SSSR count). The fourth-order valence-corrected chi connectivity index (χ4v) is 3.75. The number of fused-ring (bicyclic) bond motifs is 1. The first-order valence-electron chi connectivity index (χ1n) is 9.37. The molecule has 30 heavy (non-hydrogen) atoms. The molecule has 0 aliphatic carbocycles. The van der Waals surface area contributed by atoms with Gasteiger partial charge >= 0.3 is 0 Å². The van der Waals surface area contributed by atoms with Crippen molar-refractivity contribution in [2.45, 2.75) is 4.90 Å². The van der Waals surface area contributed by atoms with E-state index in [1.807, 2.05) is 0 Å². The Labute approximate surface area is 175 Å². The van der Waals surface area contributed by atoms with E-state index in [0.717, 1.165) is 0 Å². The summed E-state index contributed by atoms with van der Waals surface area (Å²) in [6, 6.07) is 10.6. The zero-order valence-electron chi connectivity index (χ0n) is 16.6. The second-order valence-corrected chi connectivity index (χ2v) is 8.03. The van der Waals surface area contributed by atoms with Crippen molar-refractivity contribution in [3.63, 3.8) is 0 Å². The van der Waals surface area contributed by atoms with Crippen LogP contribution in [-0.4, -0.2) is 61.0 Å². The Balaban J connectivity index is 1.56. The minimum Gasteiger partial charge on any atom is -0.486 e. The Kier molecular flexibility index (Phi) is 7.50. The predicted molar refractivity (Wildman–Crippen MR) is 110 cm³/mol. The molecule has 0 spiro atoms. The molecule has 0 bridgehead atoms. The number of anilines is 1. The van der Waals surface area contributed by atoms with E-state index in [9.17, 15) is 13.2 Å². The average Bonchev–Trinajstić information content (AvgIpc) is 2.76. The summed E-state index contributed by atoms with van der Waals surface area (Å²) in [5.41, 5.74) is 0.749. The molecule has 0 atom stereocenters. The lowest BCUT2D eigenvalue weighted by Crippen LogP contribution is -2.27. The molecule has 0 aromatic heterocycles. The van der Waals surface area contributed by atoms with Crippen LogP contribution in [0.3, 0.4) is 0 Å². The molecule has 2 aromatic rings. The minimum atomic E-state index is -3.82. The van der Waals surface area contributed by atoms with Crippen molar-refractivity contribution < 1.29 is 32.2 Å². The highest BCUT2D eigenvalue weighted by Crippen LogP contribution is 2.32. The van der Waals surface area contributed by atoms with Gasteiger partial charge in [0.15, 0.2) is 11.5 Å². The highest BCUT2D eigenvalue weighted by Gasteiger charge is 2.19. The summed E-state index contributed by atoms with van der Waals surface area (Å²) in [7, 11) is -2.23. The average molecular weight is 436 g/mol. The van der Waals surface area contributed by atoms with Crippen LogP contribution in [0, 0.1) is 0 Å². The van der Waals surface area contributed by atoms with E-state index in [0.29, 0.717) is 62.3 Å². The molecule has 9 nitrogen and oxygen atoms in total. The van der Waals surface area contributed by atoms with Crippen LogP contribution >= 0.6 is 0 Å². The van der Waals surface area contributed by atoms with Gasteiger partial charge in [-0.15, -0.1) is 0 Å². The number of nitrogens with one attached hydrogen (secondary N) is 2. The van der Waals surface area contributed by atoms with Crippen LogP contribution in [0.1, 0.15) is 10.4 Å². The first-order valence-corrected chi connectivity index (χ1v) is 10.9. The molecule has 2 aromatic carbocycles. The van der Waals surface area contributed by atoms with Crippen molar-refractivity contribution in [1.29, 1.82) is 0 Å². The zero-order chi connectivity index (χ0) is 21.4. The fourth-order valence-electron chi connectivity index (χ4n) is 2.68. The summed E-state index contributed by atoms with van der Waals surface area (Å²) in [5, 5.41) is 2.73. The molecule has 0 radical (unpaired) electrons. The number of ether oxygens (including phenoxy) is 4. The van der Waals surface area contributed by atoms with Gasteiger partial charge in [-0.1, -0.05) is 0 Å². The highest BCUT2D eigenvalue weighted by atomic mass is 32.2. The summed E-state index contributed by atoms with van der Waals surface area (Å²) >= 11 is 0. The van der Waals surface area contributed by atoms with E-state index in [1.54, 1.807) is 25.3 Å². The summed E-state index contributed by atoms with van der Waals surface area (Å²) in [4.78, 5) is 12.2. The number of hydrogen-bond donors (Lipinski definition) is 2. The Morgan fingerprint density at radius 3 is 2.47 bits per heavy atom. The van der Waals surface area contributed by atoms with E-state index in [4.69, 9.17) is 18.9 Å².